The van der Waals surface area contributed by atoms with Gasteiger partial charge in [0.15, 0.2) is 12.3 Å². The molecule has 0 radical (unpaired) electrons. The molecule has 0 spiro atoms. The van der Waals surface area contributed by atoms with Crippen molar-refractivity contribution in [2.24, 2.45) is 5.92 Å². The van der Waals surface area contributed by atoms with E-state index in [9.17, 15) is 9.59 Å². The summed E-state index contributed by atoms with van der Waals surface area (Å²) in [6, 6.07) is 1.99. The number of carbonyl (C=O) groups is 2. The van der Waals surface area contributed by atoms with E-state index >= 15 is 0 Å². The van der Waals surface area contributed by atoms with Gasteiger partial charge in [-0.3, -0.25) is 4.79 Å². The van der Waals surface area contributed by atoms with Gasteiger partial charge in [-0.1, -0.05) is 13.8 Å². The summed E-state index contributed by atoms with van der Waals surface area (Å²) in [5, 5.41) is 7.90. The Bertz CT molecular complexity index is 852. The van der Waals surface area contributed by atoms with Crippen LogP contribution in [-0.2, 0) is 9.53 Å². The molecule has 146 valence electrons. The zero-order chi connectivity index (χ0) is 19.7. The normalized spacial score (nSPS) is 15.4. The molecule has 7 nitrogen and oxygen atoms in total. The third kappa shape index (κ3) is 4.28. The Morgan fingerprint density at radius 1 is 1.26 bits per heavy atom. The van der Waals surface area contributed by atoms with E-state index in [1.54, 1.807) is 16.9 Å². The molecule has 2 heterocycles. The fraction of sp³-hybridized carbons (Fsp3) is 0.600. The van der Waals surface area contributed by atoms with Gasteiger partial charge in [0, 0.05) is 17.8 Å². The molecule has 1 aliphatic rings. The van der Waals surface area contributed by atoms with Crippen LogP contribution in [0.5, 0.6) is 0 Å². The first-order valence-corrected chi connectivity index (χ1v) is 9.62. The summed E-state index contributed by atoms with van der Waals surface area (Å²) >= 11 is 0. The third-order valence-electron chi connectivity index (χ3n) is 4.94. The standard InChI is InChI=1S/C20H28N4O3/c1-11(2)17-8-15(16-9-21-24(12(3)4)19(16)23-17)20(26)27-10-18(25)22-13(5)14-6-7-14/h8-9,11-14H,6-7,10H2,1-5H3,(H,22,25)/t13-/m0/s1. The molecule has 1 amide bonds. The number of aromatic nitrogens is 3. The van der Waals surface area contributed by atoms with Crippen molar-refractivity contribution in [3.05, 3.63) is 23.5 Å². The van der Waals surface area contributed by atoms with E-state index in [4.69, 9.17) is 4.74 Å². The molecule has 27 heavy (non-hydrogen) atoms. The van der Waals surface area contributed by atoms with Gasteiger partial charge in [-0.25, -0.2) is 14.5 Å². The smallest absolute Gasteiger partial charge is 0.339 e. The molecule has 1 N–H and O–H groups in total. The Morgan fingerprint density at radius 3 is 2.56 bits per heavy atom. The summed E-state index contributed by atoms with van der Waals surface area (Å²) in [7, 11) is 0. The van der Waals surface area contributed by atoms with E-state index in [0.29, 0.717) is 22.5 Å². The van der Waals surface area contributed by atoms with Crippen LogP contribution in [0.4, 0.5) is 0 Å². The number of amides is 1. The van der Waals surface area contributed by atoms with Gasteiger partial charge in [0.05, 0.1) is 17.1 Å². The number of ether oxygens (including phenoxy) is 1. The minimum atomic E-state index is -0.526. The summed E-state index contributed by atoms with van der Waals surface area (Å²) in [6.07, 6.45) is 3.93. The van der Waals surface area contributed by atoms with Crippen molar-refractivity contribution in [1.29, 1.82) is 0 Å². The molecular weight excluding hydrogens is 344 g/mol. The minimum Gasteiger partial charge on any atom is -0.452 e. The average molecular weight is 372 g/mol. The van der Waals surface area contributed by atoms with Crippen molar-refractivity contribution in [3.8, 4) is 0 Å². The van der Waals surface area contributed by atoms with Crippen molar-refractivity contribution in [3.63, 3.8) is 0 Å². The Hall–Kier alpha value is -2.44. The first-order valence-electron chi connectivity index (χ1n) is 9.62. The van der Waals surface area contributed by atoms with Crippen molar-refractivity contribution in [1.82, 2.24) is 20.1 Å². The minimum absolute atomic E-state index is 0.121. The molecular formula is C20H28N4O3. The molecule has 2 aromatic heterocycles. The number of nitrogens with zero attached hydrogens (tertiary/aromatic N) is 3. The van der Waals surface area contributed by atoms with Crippen LogP contribution >= 0.6 is 0 Å². The maximum absolute atomic E-state index is 12.7. The summed E-state index contributed by atoms with van der Waals surface area (Å²) in [4.78, 5) is 29.4. The second-order valence-corrected chi connectivity index (χ2v) is 7.94. The fourth-order valence-electron chi connectivity index (χ4n) is 3.10. The largest absolute Gasteiger partial charge is 0.452 e. The Kier molecular flexibility index (Phi) is 5.48. The average Bonchev–Trinajstić information content (AvgIpc) is 3.37. The molecule has 3 rings (SSSR count). The highest BCUT2D eigenvalue weighted by atomic mass is 16.5. The van der Waals surface area contributed by atoms with Crippen LogP contribution in [-0.4, -0.2) is 39.3 Å². The zero-order valence-electron chi connectivity index (χ0n) is 16.7. The lowest BCUT2D eigenvalue weighted by Crippen LogP contribution is -2.37. The maximum Gasteiger partial charge on any atom is 0.339 e. The van der Waals surface area contributed by atoms with Gasteiger partial charge in [-0.05, 0) is 51.5 Å². The Morgan fingerprint density at radius 2 is 1.96 bits per heavy atom. The van der Waals surface area contributed by atoms with E-state index in [-0.39, 0.29) is 30.5 Å². The van der Waals surface area contributed by atoms with Gasteiger partial charge < -0.3 is 10.1 Å². The number of fused-ring (bicyclic) bond motifs is 1. The van der Waals surface area contributed by atoms with Crippen molar-refractivity contribution >= 4 is 22.9 Å². The van der Waals surface area contributed by atoms with Crippen LogP contribution in [0.3, 0.4) is 0 Å². The summed E-state index contributed by atoms with van der Waals surface area (Å²) in [6.45, 7) is 9.77. The number of nitrogens with one attached hydrogen (secondary N) is 1. The van der Waals surface area contributed by atoms with E-state index in [1.165, 1.54) is 0 Å². The third-order valence-corrected chi connectivity index (χ3v) is 4.94. The van der Waals surface area contributed by atoms with Gasteiger partial charge in [-0.15, -0.1) is 0 Å². The molecule has 7 heteroatoms. The van der Waals surface area contributed by atoms with Gasteiger partial charge >= 0.3 is 5.97 Å². The van der Waals surface area contributed by atoms with Gasteiger partial charge in [-0.2, -0.15) is 5.10 Å². The van der Waals surface area contributed by atoms with E-state index in [2.05, 4.69) is 15.4 Å². The lowest BCUT2D eigenvalue weighted by molar-refractivity contribution is -0.124. The lowest BCUT2D eigenvalue weighted by atomic mass is 10.1. The molecule has 0 bridgehead atoms. The SMILES string of the molecule is CC(C)c1cc(C(=O)OCC(=O)N[C@@H](C)C2CC2)c2cnn(C(C)C)c2n1. The zero-order valence-corrected chi connectivity index (χ0v) is 16.7. The second kappa shape index (κ2) is 7.66. The number of carbonyl (C=O) groups excluding carboxylic acids is 2. The van der Waals surface area contributed by atoms with Crippen LogP contribution in [0.1, 0.15) is 75.5 Å². The van der Waals surface area contributed by atoms with Crippen LogP contribution < -0.4 is 5.32 Å². The van der Waals surface area contributed by atoms with Gasteiger partial charge in [0.25, 0.3) is 5.91 Å². The highest BCUT2D eigenvalue weighted by Crippen LogP contribution is 2.32. The number of hydrogen-bond acceptors (Lipinski definition) is 5. The maximum atomic E-state index is 12.7. The first-order chi connectivity index (χ1) is 12.8. The van der Waals surface area contributed by atoms with Crippen molar-refractivity contribution in [2.45, 2.75) is 65.5 Å². The molecule has 0 unspecified atom stereocenters. The lowest BCUT2D eigenvalue weighted by Gasteiger charge is -2.14. The number of hydrogen-bond donors (Lipinski definition) is 1. The van der Waals surface area contributed by atoms with E-state index in [1.807, 2.05) is 34.6 Å². The quantitative estimate of drug-likeness (QED) is 0.754. The molecule has 0 aliphatic heterocycles. The monoisotopic (exact) mass is 372 g/mol. The van der Waals surface area contributed by atoms with E-state index in [0.717, 1.165) is 18.5 Å². The van der Waals surface area contributed by atoms with Crippen LogP contribution in [0.2, 0.25) is 0 Å². The van der Waals surface area contributed by atoms with Crippen molar-refractivity contribution in [2.75, 3.05) is 6.61 Å². The highest BCUT2D eigenvalue weighted by Gasteiger charge is 2.29. The summed E-state index contributed by atoms with van der Waals surface area (Å²) in [5.74, 6) is -0.0871. The molecule has 1 atom stereocenters. The van der Waals surface area contributed by atoms with Crippen molar-refractivity contribution < 1.29 is 14.3 Å². The highest BCUT2D eigenvalue weighted by molar-refractivity contribution is 6.03. The number of rotatable bonds is 7. The van der Waals surface area contributed by atoms with Crippen LogP contribution in [0.15, 0.2) is 12.3 Å². The Balaban J connectivity index is 1.79. The predicted molar refractivity (Wildman–Crippen MR) is 103 cm³/mol. The van der Waals surface area contributed by atoms with Gasteiger partial charge in [0.1, 0.15) is 0 Å². The van der Waals surface area contributed by atoms with E-state index < -0.39 is 5.97 Å². The van der Waals surface area contributed by atoms with Crippen LogP contribution in [0, 0.1) is 5.92 Å². The molecule has 1 aliphatic carbocycles. The first kappa shape index (κ1) is 19.3. The number of esters is 1. The molecule has 1 saturated carbocycles. The van der Waals surface area contributed by atoms with Gasteiger partial charge in [0.2, 0.25) is 0 Å². The Labute approximate surface area is 159 Å². The summed E-state index contributed by atoms with van der Waals surface area (Å²) < 4.78 is 7.08. The second-order valence-electron chi connectivity index (χ2n) is 7.94. The molecule has 0 saturated heterocycles. The molecule has 0 aromatic carbocycles. The fourth-order valence-corrected chi connectivity index (χ4v) is 3.10. The number of pyridine rings is 1. The molecule has 1 fully saturated rings. The predicted octanol–water partition coefficient (Wildman–Crippen LogP) is 3.21. The molecule has 2 aromatic rings. The topological polar surface area (TPSA) is 86.1 Å². The summed E-state index contributed by atoms with van der Waals surface area (Å²) in [5.41, 5.74) is 1.86. The van der Waals surface area contributed by atoms with Crippen LogP contribution in [0.25, 0.3) is 11.0 Å².